The molecule has 0 aliphatic heterocycles. The van der Waals surface area contributed by atoms with E-state index < -0.39 is 0 Å². The van der Waals surface area contributed by atoms with Gasteiger partial charge in [0.1, 0.15) is 0 Å². The van der Waals surface area contributed by atoms with Gasteiger partial charge in [0.2, 0.25) is 0 Å². The molecule has 10 heavy (non-hydrogen) atoms. The zero-order valence-electron chi connectivity index (χ0n) is 5.92. The molecule has 0 aromatic carbocycles. The summed E-state index contributed by atoms with van der Waals surface area (Å²) in [6.45, 7) is 3.08. The Balaban J connectivity index is 2.59. The van der Waals surface area contributed by atoms with E-state index in [0.717, 1.165) is 24.0 Å². The third-order valence-electron chi connectivity index (χ3n) is 1.18. The normalized spacial score (nSPS) is 10.2. The molecule has 1 aromatic rings. The summed E-state index contributed by atoms with van der Waals surface area (Å²) >= 11 is 3.31. The molecular formula is C6H10BrN3. The summed E-state index contributed by atoms with van der Waals surface area (Å²) in [6, 6.07) is 0. The number of rotatable bonds is 3. The number of hydrogen-bond donors (Lipinski definition) is 0. The van der Waals surface area contributed by atoms with E-state index in [2.05, 4.69) is 33.2 Å². The van der Waals surface area contributed by atoms with Crippen molar-refractivity contribution < 1.29 is 0 Å². The smallest absolute Gasteiger partial charge is 0.0932 e. The second kappa shape index (κ2) is 3.71. The Morgan fingerprint density at radius 3 is 3.00 bits per heavy atom. The molecule has 1 rings (SSSR count). The molecule has 1 aromatic heterocycles. The highest BCUT2D eigenvalue weighted by atomic mass is 79.9. The van der Waals surface area contributed by atoms with Crippen molar-refractivity contribution in [2.45, 2.75) is 25.2 Å². The van der Waals surface area contributed by atoms with E-state index in [-0.39, 0.29) is 0 Å². The molecule has 0 N–H and O–H groups in total. The molecule has 4 heteroatoms. The molecule has 56 valence electrons. The molecule has 0 atom stereocenters. The van der Waals surface area contributed by atoms with Gasteiger partial charge in [-0.25, -0.2) is 0 Å². The van der Waals surface area contributed by atoms with Gasteiger partial charge in [0.15, 0.2) is 0 Å². The van der Waals surface area contributed by atoms with Crippen LogP contribution in [-0.2, 0) is 11.9 Å². The number of aromatic nitrogens is 3. The van der Waals surface area contributed by atoms with E-state index in [1.807, 2.05) is 10.9 Å². The van der Waals surface area contributed by atoms with Gasteiger partial charge in [-0.2, -0.15) is 0 Å². The lowest BCUT2D eigenvalue weighted by Gasteiger charge is -1.91. The van der Waals surface area contributed by atoms with Crippen LogP contribution in [0.15, 0.2) is 6.20 Å². The number of alkyl halides is 1. The minimum Gasteiger partial charge on any atom is -0.252 e. The Labute approximate surface area is 68.6 Å². The van der Waals surface area contributed by atoms with Gasteiger partial charge in [-0.15, -0.1) is 5.10 Å². The minimum atomic E-state index is 0.788. The van der Waals surface area contributed by atoms with Crippen molar-refractivity contribution in [2.75, 3.05) is 0 Å². The van der Waals surface area contributed by atoms with Crippen molar-refractivity contribution in [3.63, 3.8) is 0 Å². The minimum absolute atomic E-state index is 0.788. The van der Waals surface area contributed by atoms with Gasteiger partial charge in [-0.05, 0) is 6.42 Å². The van der Waals surface area contributed by atoms with Crippen molar-refractivity contribution in [3.05, 3.63) is 11.9 Å². The maximum Gasteiger partial charge on any atom is 0.0932 e. The van der Waals surface area contributed by atoms with Gasteiger partial charge >= 0.3 is 0 Å². The Hall–Kier alpha value is -0.380. The third kappa shape index (κ3) is 1.80. The molecule has 0 bridgehead atoms. The Kier molecular flexibility index (Phi) is 2.86. The van der Waals surface area contributed by atoms with E-state index in [4.69, 9.17) is 0 Å². The quantitative estimate of drug-likeness (QED) is 0.700. The van der Waals surface area contributed by atoms with Crippen molar-refractivity contribution in [2.24, 2.45) is 0 Å². The molecule has 0 fully saturated rings. The number of halogens is 1. The Morgan fingerprint density at radius 1 is 1.70 bits per heavy atom. The first kappa shape index (κ1) is 7.72. The van der Waals surface area contributed by atoms with E-state index in [9.17, 15) is 0 Å². The lowest BCUT2D eigenvalue weighted by atomic mass is 10.5. The van der Waals surface area contributed by atoms with Crippen molar-refractivity contribution in [1.29, 1.82) is 0 Å². The van der Waals surface area contributed by atoms with E-state index in [1.54, 1.807) is 0 Å². The van der Waals surface area contributed by atoms with Crippen molar-refractivity contribution in [1.82, 2.24) is 15.0 Å². The first-order valence-corrected chi connectivity index (χ1v) is 4.44. The number of aryl methyl sites for hydroxylation is 1. The lowest BCUT2D eigenvalue weighted by Crippen LogP contribution is -1.96. The fourth-order valence-corrected chi connectivity index (χ4v) is 0.995. The van der Waals surface area contributed by atoms with Gasteiger partial charge < -0.3 is 0 Å². The van der Waals surface area contributed by atoms with Crippen LogP contribution in [0.5, 0.6) is 0 Å². The van der Waals surface area contributed by atoms with Crippen LogP contribution in [-0.4, -0.2) is 15.0 Å². The van der Waals surface area contributed by atoms with Gasteiger partial charge in [0.25, 0.3) is 0 Å². The van der Waals surface area contributed by atoms with E-state index in [1.165, 1.54) is 0 Å². The predicted octanol–water partition coefficient (Wildman–Crippen LogP) is 1.58. The second-order valence-electron chi connectivity index (χ2n) is 2.11. The summed E-state index contributed by atoms with van der Waals surface area (Å²) in [5.74, 6) is 0. The van der Waals surface area contributed by atoms with Crippen LogP contribution >= 0.6 is 15.9 Å². The van der Waals surface area contributed by atoms with Crippen LogP contribution in [0, 0.1) is 0 Å². The molecule has 0 unspecified atom stereocenters. The molecule has 0 saturated heterocycles. The molecule has 0 aliphatic rings. The first-order chi connectivity index (χ1) is 4.86. The fourth-order valence-electron chi connectivity index (χ4n) is 0.738. The Morgan fingerprint density at radius 2 is 2.50 bits per heavy atom. The maximum atomic E-state index is 3.92. The van der Waals surface area contributed by atoms with Gasteiger partial charge in [-0.1, -0.05) is 28.1 Å². The summed E-state index contributed by atoms with van der Waals surface area (Å²) in [6.07, 6.45) is 3.06. The van der Waals surface area contributed by atoms with Crippen LogP contribution < -0.4 is 0 Å². The lowest BCUT2D eigenvalue weighted by molar-refractivity contribution is 0.579. The van der Waals surface area contributed by atoms with Crippen molar-refractivity contribution >= 4 is 15.9 Å². The summed E-state index contributed by atoms with van der Waals surface area (Å²) in [5, 5.41) is 8.62. The fraction of sp³-hybridized carbons (Fsp3) is 0.667. The van der Waals surface area contributed by atoms with Gasteiger partial charge in [0, 0.05) is 18.1 Å². The standard InChI is InChI=1S/C6H10BrN3/c1-2-3-10-5-6(4-7)8-9-10/h5H,2-4H2,1H3. The summed E-state index contributed by atoms with van der Waals surface area (Å²) in [7, 11) is 0. The topological polar surface area (TPSA) is 30.7 Å². The highest BCUT2D eigenvalue weighted by molar-refractivity contribution is 9.08. The van der Waals surface area contributed by atoms with Gasteiger partial charge in [0.05, 0.1) is 5.69 Å². The van der Waals surface area contributed by atoms with Gasteiger partial charge in [-0.3, -0.25) is 4.68 Å². The SMILES string of the molecule is CCCn1cc(CBr)nn1. The summed E-state index contributed by atoms with van der Waals surface area (Å²) in [5.41, 5.74) is 0.994. The van der Waals surface area contributed by atoms with Crippen LogP contribution in [0.3, 0.4) is 0 Å². The maximum absolute atomic E-state index is 3.92. The first-order valence-electron chi connectivity index (χ1n) is 3.31. The summed E-state index contributed by atoms with van der Waals surface area (Å²) < 4.78 is 1.86. The average Bonchev–Trinajstić information content (AvgIpc) is 2.37. The molecule has 0 saturated carbocycles. The Bertz CT molecular complexity index is 197. The molecule has 0 spiro atoms. The predicted molar refractivity (Wildman–Crippen MR) is 42.9 cm³/mol. The van der Waals surface area contributed by atoms with E-state index >= 15 is 0 Å². The average molecular weight is 204 g/mol. The number of hydrogen-bond acceptors (Lipinski definition) is 2. The van der Waals surface area contributed by atoms with Crippen LogP contribution in [0.25, 0.3) is 0 Å². The largest absolute Gasteiger partial charge is 0.252 e. The van der Waals surface area contributed by atoms with Crippen LogP contribution in [0.1, 0.15) is 19.0 Å². The molecule has 0 radical (unpaired) electrons. The monoisotopic (exact) mass is 203 g/mol. The molecule has 0 amide bonds. The highest BCUT2D eigenvalue weighted by Crippen LogP contribution is 1.99. The number of nitrogens with zero attached hydrogens (tertiary/aromatic N) is 3. The summed E-state index contributed by atoms with van der Waals surface area (Å²) in [4.78, 5) is 0. The zero-order valence-corrected chi connectivity index (χ0v) is 7.50. The molecule has 3 nitrogen and oxygen atoms in total. The molecule has 0 aliphatic carbocycles. The van der Waals surface area contributed by atoms with Crippen LogP contribution in [0.4, 0.5) is 0 Å². The zero-order chi connectivity index (χ0) is 7.40. The molecular weight excluding hydrogens is 194 g/mol. The molecule has 1 heterocycles. The van der Waals surface area contributed by atoms with Crippen LogP contribution in [0.2, 0.25) is 0 Å². The van der Waals surface area contributed by atoms with E-state index in [0.29, 0.717) is 0 Å². The third-order valence-corrected chi connectivity index (χ3v) is 1.75. The highest BCUT2D eigenvalue weighted by Gasteiger charge is 1.95. The second-order valence-corrected chi connectivity index (χ2v) is 2.67. The van der Waals surface area contributed by atoms with Crippen molar-refractivity contribution in [3.8, 4) is 0 Å².